The highest BCUT2D eigenvalue weighted by Crippen LogP contribution is 2.28. The third-order valence-electron chi connectivity index (χ3n) is 3.84. The number of nitrogens with one attached hydrogen (secondary N) is 1. The predicted octanol–water partition coefficient (Wildman–Crippen LogP) is 3.80. The van der Waals surface area contributed by atoms with Gasteiger partial charge in [-0.2, -0.15) is 5.10 Å². The molecule has 0 aliphatic carbocycles. The topological polar surface area (TPSA) is 48.3 Å². The van der Waals surface area contributed by atoms with Gasteiger partial charge in [-0.15, -0.1) is 0 Å². The predicted molar refractivity (Wildman–Crippen MR) is 96.5 cm³/mol. The molecule has 0 aliphatic rings. The van der Waals surface area contributed by atoms with E-state index in [0.717, 1.165) is 35.8 Å². The summed E-state index contributed by atoms with van der Waals surface area (Å²) in [5.74, 6) is 2.06. The van der Waals surface area contributed by atoms with E-state index in [0.29, 0.717) is 12.5 Å². The Balaban J connectivity index is 1.96. The molecule has 2 aromatic rings. The molecule has 132 valence electrons. The van der Waals surface area contributed by atoms with Crippen LogP contribution in [0.25, 0.3) is 0 Å². The Morgan fingerprint density at radius 3 is 2.58 bits per heavy atom. The first-order valence-electron chi connectivity index (χ1n) is 8.60. The maximum Gasteiger partial charge on any atom is 0.161 e. The highest BCUT2D eigenvalue weighted by atomic mass is 16.5. The first kappa shape index (κ1) is 18.3. The van der Waals surface area contributed by atoms with Crippen molar-refractivity contribution in [1.29, 1.82) is 0 Å². The molecule has 2 rings (SSSR count). The van der Waals surface area contributed by atoms with Crippen LogP contribution in [0.4, 0.5) is 0 Å². The third kappa shape index (κ3) is 4.99. The Labute approximate surface area is 145 Å². The molecule has 1 heterocycles. The van der Waals surface area contributed by atoms with Gasteiger partial charge < -0.3 is 14.8 Å². The summed E-state index contributed by atoms with van der Waals surface area (Å²) in [4.78, 5) is 0. The number of aromatic nitrogens is 2. The van der Waals surface area contributed by atoms with Gasteiger partial charge in [-0.3, -0.25) is 4.68 Å². The first-order valence-corrected chi connectivity index (χ1v) is 8.60. The lowest BCUT2D eigenvalue weighted by molar-refractivity contribution is 0.256. The van der Waals surface area contributed by atoms with Crippen LogP contribution in [0.5, 0.6) is 11.5 Å². The van der Waals surface area contributed by atoms with Crippen LogP contribution in [0.1, 0.15) is 45.0 Å². The molecule has 0 fully saturated rings. The number of nitrogens with zero attached hydrogens (tertiary/aromatic N) is 2. The van der Waals surface area contributed by atoms with Crippen LogP contribution in [0.3, 0.4) is 0 Å². The number of ether oxygens (including phenoxy) is 2. The van der Waals surface area contributed by atoms with Gasteiger partial charge in [0.25, 0.3) is 0 Å². The molecule has 1 unspecified atom stereocenters. The quantitative estimate of drug-likeness (QED) is 0.759. The van der Waals surface area contributed by atoms with Crippen molar-refractivity contribution in [3.05, 3.63) is 41.7 Å². The number of hydrogen-bond acceptors (Lipinski definition) is 4. The van der Waals surface area contributed by atoms with Gasteiger partial charge in [0.05, 0.1) is 19.4 Å². The van der Waals surface area contributed by atoms with Gasteiger partial charge in [0, 0.05) is 25.3 Å². The van der Waals surface area contributed by atoms with E-state index in [1.165, 1.54) is 0 Å². The molecule has 24 heavy (non-hydrogen) atoms. The SMILES string of the molecule is CCn1ccc(C(C)NCc2ccc(OCC(C)C)c(OC)c2)n1. The summed E-state index contributed by atoms with van der Waals surface area (Å²) >= 11 is 0. The van der Waals surface area contributed by atoms with Crippen molar-refractivity contribution in [2.24, 2.45) is 5.92 Å². The molecular formula is C19H29N3O2. The highest BCUT2D eigenvalue weighted by Gasteiger charge is 2.10. The monoisotopic (exact) mass is 331 g/mol. The lowest BCUT2D eigenvalue weighted by Gasteiger charge is -2.15. The summed E-state index contributed by atoms with van der Waals surface area (Å²) in [5, 5.41) is 8.04. The Bertz CT molecular complexity index is 637. The summed E-state index contributed by atoms with van der Waals surface area (Å²) < 4.78 is 13.2. The van der Waals surface area contributed by atoms with Gasteiger partial charge in [0.15, 0.2) is 11.5 Å². The minimum Gasteiger partial charge on any atom is -0.493 e. The molecule has 0 aliphatic heterocycles. The van der Waals surface area contributed by atoms with Crippen LogP contribution in [0.2, 0.25) is 0 Å². The third-order valence-corrected chi connectivity index (χ3v) is 3.84. The fourth-order valence-corrected chi connectivity index (χ4v) is 2.36. The summed E-state index contributed by atoms with van der Waals surface area (Å²) in [6, 6.07) is 8.34. The fraction of sp³-hybridized carbons (Fsp3) is 0.526. The van der Waals surface area contributed by atoms with E-state index in [-0.39, 0.29) is 6.04 Å². The molecule has 0 saturated heterocycles. The molecule has 1 aromatic carbocycles. The van der Waals surface area contributed by atoms with Gasteiger partial charge >= 0.3 is 0 Å². The van der Waals surface area contributed by atoms with Gasteiger partial charge in [-0.25, -0.2) is 0 Å². The Morgan fingerprint density at radius 1 is 1.17 bits per heavy atom. The lowest BCUT2D eigenvalue weighted by Crippen LogP contribution is -2.19. The maximum atomic E-state index is 5.80. The Morgan fingerprint density at radius 2 is 1.96 bits per heavy atom. The smallest absolute Gasteiger partial charge is 0.161 e. The Kier molecular flexibility index (Phi) is 6.67. The zero-order chi connectivity index (χ0) is 17.5. The summed E-state index contributed by atoms with van der Waals surface area (Å²) in [6.07, 6.45) is 2.01. The highest BCUT2D eigenvalue weighted by molar-refractivity contribution is 5.43. The van der Waals surface area contributed by atoms with Crippen LogP contribution < -0.4 is 14.8 Å². The number of methoxy groups -OCH3 is 1. The zero-order valence-corrected chi connectivity index (χ0v) is 15.4. The van der Waals surface area contributed by atoms with E-state index in [4.69, 9.17) is 9.47 Å². The number of aryl methyl sites for hydroxylation is 1. The van der Waals surface area contributed by atoms with Crippen molar-refractivity contribution >= 4 is 0 Å². The molecule has 0 bridgehead atoms. The number of hydrogen-bond donors (Lipinski definition) is 1. The average molecular weight is 331 g/mol. The van der Waals surface area contributed by atoms with E-state index in [9.17, 15) is 0 Å². The van der Waals surface area contributed by atoms with Gasteiger partial charge in [0.1, 0.15) is 0 Å². The van der Waals surface area contributed by atoms with Gasteiger partial charge in [-0.05, 0) is 43.5 Å². The minimum absolute atomic E-state index is 0.195. The van der Waals surface area contributed by atoms with Crippen LogP contribution in [0, 0.1) is 5.92 Å². The largest absolute Gasteiger partial charge is 0.493 e. The lowest BCUT2D eigenvalue weighted by atomic mass is 10.1. The molecule has 0 radical (unpaired) electrons. The van der Waals surface area contributed by atoms with Crippen LogP contribution in [-0.2, 0) is 13.1 Å². The van der Waals surface area contributed by atoms with Gasteiger partial charge in [0.2, 0.25) is 0 Å². The molecule has 5 heteroatoms. The van der Waals surface area contributed by atoms with E-state index >= 15 is 0 Å². The zero-order valence-electron chi connectivity index (χ0n) is 15.4. The van der Waals surface area contributed by atoms with Crippen molar-refractivity contribution in [2.75, 3.05) is 13.7 Å². The maximum absolute atomic E-state index is 5.80. The standard InChI is InChI=1S/C19H29N3O2/c1-6-22-10-9-17(21-22)15(4)20-12-16-7-8-18(19(11-16)23-5)24-13-14(2)3/h7-11,14-15,20H,6,12-13H2,1-5H3. The van der Waals surface area contributed by atoms with Crippen molar-refractivity contribution in [2.45, 2.75) is 46.8 Å². The second kappa shape index (κ2) is 8.73. The van der Waals surface area contributed by atoms with Crippen LogP contribution in [-0.4, -0.2) is 23.5 Å². The molecule has 0 saturated carbocycles. The molecule has 1 N–H and O–H groups in total. The van der Waals surface area contributed by atoms with E-state index in [2.05, 4.69) is 50.2 Å². The molecule has 0 amide bonds. The molecule has 5 nitrogen and oxygen atoms in total. The van der Waals surface area contributed by atoms with Crippen molar-refractivity contribution < 1.29 is 9.47 Å². The summed E-state index contributed by atoms with van der Waals surface area (Å²) in [6.45, 7) is 10.8. The molecule has 1 aromatic heterocycles. The number of benzene rings is 1. The van der Waals surface area contributed by atoms with E-state index in [1.807, 2.05) is 23.0 Å². The van der Waals surface area contributed by atoms with Crippen molar-refractivity contribution in [3.8, 4) is 11.5 Å². The van der Waals surface area contributed by atoms with Crippen molar-refractivity contribution in [3.63, 3.8) is 0 Å². The van der Waals surface area contributed by atoms with E-state index in [1.54, 1.807) is 7.11 Å². The summed E-state index contributed by atoms with van der Waals surface area (Å²) in [5.41, 5.74) is 2.21. The Hall–Kier alpha value is -2.01. The fourth-order valence-electron chi connectivity index (χ4n) is 2.36. The second-order valence-electron chi connectivity index (χ2n) is 6.39. The molecular weight excluding hydrogens is 302 g/mol. The summed E-state index contributed by atoms with van der Waals surface area (Å²) in [7, 11) is 1.68. The van der Waals surface area contributed by atoms with Crippen molar-refractivity contribution in [1.82, 2.24) is 15.1 Å². The second-order valence-corrected chi connectivity index (χ2v) is 6.39. The first-order chi connectivity index (χ1) is 11.5. The minimum atomic E-state index is 0.195. The van der Waals surface area contributed by atoms with Crippen LogP contribution in [0.15, 0.2) is 30.5 Å². The normalized spacial score (nSPS) is 12.4. The van der Waals surface area contributed by atoms with E-state index < -0.39 is 0 Å². The molecule has 1 atom stereocenters. The number of rotatable bonds is 9. The molecule has 0 spiro atoms. The average Bonchev–Trinajstić information content (AvgIpc) is 3.07. The van der Waals surface area contributed by atoms with Crippen LogP contribution >= 0.6 is 0 Å². The van der Waals surface area contributed by atoms with Gasteiger partial charge in [-0.1, -0.05) is 19.9 Å².